The largest absolute Gasteiger partial charge is 0.507 e. The van der Waals surface area contributed by atoms with Crippen LogP contribution in [0.15, 0.2) is 30.3 Å². The Hall–Kier alpha value is -2.04. The van der Waals surface area contributed by atoms with Crippen molar-refractivity contribution in [3.05, 3.63) is 41.5 Å². The summed E-state index contributed by atoms with van der Waals surface area (Å²) in [6, 6.07) is 11.7. The van der Waals surface area contributed by atoms with Crippen molar-refractivity contribution in [2.75, 3.05) is 44.2 Å². The highest BCUT2D eigenvalue weighted by atomic mass is 35.5. The number of para-hydroxylation sites is 1. The molecule has 1 aromatic carbocycles. The minimum absolute atomic E-state index is 0. The molecule has 0 spiro atoms. The summed E-state index contributed by atoms with van der Waals surface area (Å²) in [7, 11) is 0. The molecule has 2 aliphatic rings. The fourth-order valence-corrected chi connectivity index (χ4v) is 4.04. The lowest BCUT2D eigenvalue weighted by molar-refractivity contribution is 0.460. The van der Waals surface area contributed by atoms with Crippen molar-refractivity contribution in [3.8, 4) is 23.1 Å². The molecule has 0 radical (unpaired) electrons. The summed E-state index contributed by atoms with van der Waals surface area (Å²) in [6.45, 7) is 5.32. The van der Waals surface area contributed by atoms with Gasteiger partial charge in [-0.25, -0.2) is 4.98 Å². The molecule has 3 heterocycles. The first-order valence-electron chi connectivity index (χ1n) is 9.67. The fourth-order valence-electron chi connectivity index (χ4n) is 4.04. The maximum Gasteiger partial charge on any atom is 0.147 e. The Morgan fingerprint density at radius 3 is 2.52 bits per heavy atom. The minimum Gasteiger partial charge on any atom is -0.507 e. The summed E-state index contributed by atoms with van der Waals surface area (Å²) in [4.78, 5) is 7.04. The van der Waals surface area contributed by atoms with Gasteiger partial charge in [-0.05, 0) is 49.1 Å². The maximum absolute atomic E-state index is 10.4. The van der Waals surface area contributed by atoms with Gasteiger partial charge in [-0.1, -0.05) is 12.1 Å². The van der Waals surface area contributed by atoms with Crippen molar-refractivity contribution in [2.24, 2.45) is 0 Å². The van der Waals surface area contributed by atoms with Crippen LogP contribution < -0.4 is 15.5 Å². The molecule has 3 N–H and O–H groups in total. The number of piperazine rings is 1. The van der Waals surface area contributed by atoms with Gasteiger partial charge in [-0.3, -0.25) is 0 Å². The van der Waals surface area contributed by atoms with E-state index in [-0.39, 0.29) is 30.6 Å². The molecule has 8 heteroatoms. The maximum atomic E-state index is 10.4. The molecule has 2 aliphatic heterocycles. The number of nitriles is 1. The average Bonchev–Trinajstić information content (AvgIpc) is 2.74. The first-order valence-corrected chi connectivity index (χ1v) is 9.67. The smallest absolute Gasteiger partial charge is 0.147 e. The van der Waals surface area contributed by atoms with Crippen LogP contribution in [0.3, 0.4) is 0 Å². The van der Waals surface area contributed by atoms with E-state index < -0.39 is 0 Å². The van der Waals surface area contributed by atoms with Crippen molar-refractivity contribution in [1.82, 2.24) is 15.6 Å². The van der Waals surface area contributed by atoms with Crippen LogP contribution in [0.25, 0.3) is 11.3 Å². The van der Waals surface area contributed by atoms with E-state index in [1.54, 1.807) is 6.07 Å². The Labute approximate surface area is 184 Å². The predicted molar refractivity (Wildman–Crippen MR) is 120 cm³/mol. The Balaban J connectivity index is 0.00000150. The van der Waals surface area contributed by atoms with Crippen LogP contribution in [0.2, 0.25) is 0 Å². The summed E-state index contributed by atoms with van der Waals surface area (Å²) in [6.07, 6.45) is 2.17. The fraction of sp³-hybridized carbons (Fsp3) is 0.429. The van der Waals surface area contributed by atoms with E-state index in [2.05, 4.69) is 21.6 Å². The summed E-state index contributed by atoms with van der Waals surface area (Å²) < 4.78 is 0. The monoisotopic (exact) mass is 435 g/mol. The van der Waals surface area contributed by atoms with E-state index in [1.165, 1.54) is 0 Å². The summed E-state index contributed by atoms with van der Waals surface area (Å²) in [5.41, 5.74) is 3.18. The van der Waals surface area contributed by atoms with Crippen LogP contribution in [0, 0.1) is 11.3 Å². The molecular formula is C21H27Cl2N5O. The normalized spacial score (nSPS) is 18.9. The molecule has 1 aromatic heterocycles. The number of aromatic nitrogens is 1. The first kappa shape index (κ1) is 23.2. The molecule has 156 valence electrons. The van der Waals surface area contributed by atoms with Crippen molar-refractivity contribution in [3.63, 3.8) is 0 Å². The van der Waals surface area contributed by atoms with Gasteiger partial charge in [-0.15, -0.1) is 24.8 Å². The number of aromatic hydroxyl groups is 1. The zero-order valence-electron chi connectivity index (χ0n) is 16.2. The Kier molecular flexibility index (Phi) is 8.54. The van der Waals surface area contributed by atoms with E-state index in [1.807, 2.05) is 24.3 Å². The van der Waals surface area contributed by atoms with E-state index in [9.17, 15) is 10.4 Å². The third-order valence-electron chi connectivity index (χ3n) is 5.48. The quantitative estimate of drug-likeness (QED) is 0.686. The molecule has 2 fully saturated rings. The second-order valence-electron chi connectivity index (χ2n) is 7.20. The molecule has 1 atom stereocenters. The Bertz CT molecular complexity index is 819. The molecule has 29 heavy (non-hydrogen) atoms. The minimum atomic E-state index is 0. The predicted octanol–water partition coefficient (Wildman–Crippen LogP) is 3.05. The highest BCUT2D eigenvalue weighted by Crippen LogP contribution is 2.36. The SMILES string of the molecule is Cl.Cl.N#Cc1c(C2CCCNC2)cc(-c2ccccc2O)nc1N1CCNCC1. The average molecular weight is 436 g/mol. The Morgan fingerprint density at radius 1 is 1.10 bits per heavy atom. The third kappa shape index (κ3) is 4.93. The number of phenolic OH excluding ortho intramolecular Hbond substituents is 1. The highest BCUT2D eigenvalue weighted by Gasteiger charge is 2.26. The van der Waals surface area contributed by atoms with Gasteiger partial charge in [0.25, 0.3) is 0 Å². The van der Waals surface area contributed by atoms with Gasteiger partial charge >= 0.3 is 0 Å². The summed E-state index contributed by atoms with van der Waals surface area (Å²) in [5.74, 6) is 1.26. The Morgan fingerprint density at radius 2 is 1.86 bits per heavy atom. The molecular weight excluding hydrogens is 409 g/mol. The van der Waals surface area contributed by atoms with Crippen molar-refractivity contribution < 1.29 is 5.11 Å². The molecule has 0 amide bonds. The van der Waals surface area contributed by atoms with Gasteiger partial charge in [0.1, 0.15) is 17.6 Å². The number of anilines is 1. The third-order valence-corrected chi connectivity index (χ3v) is 5.48. The molecule has 6 nitrogen and oxygen atoms in total. The standard InChI is InChI=1S/C21H25N5O.2ClH/c22-13-18-17(15-4-3-7-24-14-15)12-19(16-5-1-2-6-20(16)27)25-21(18)26-10-8-23-9-11-26;;/h1-2,5-6,12,15,23-24,27H,3-4,7-11,14H2;2*1H. The van der Waals surface area contributed by atoms with Gasteiger partial charge in [0, 0.05) is 38.3 Å². The molecule has 1 unspecified atom stereocenters. The van der Waals surface area contributed by atoms with Crippen molar-refractivity contribution in [1.29, 1.82) is 5.26 Å². The van der Waals surface area contributed by atoms with Crippen molar-refractivity contribution in [2.45, 2.75) is 18.8 Å². The van der Waals surface area contributed by atoms with Gasteiger partial charge in [-0.2, -0.15) is 5.26 Å². The number of hydrogen-bond donors (Lipinski definition) is 3. The van der Waals surface area contributed by atoms with Crippen LogP contribution in [-0.4, -0.2) is 49.4 Å². The zero-order valence-corrected chi connectivity index (χ0v) is 17.9. The number of nitrogens with one attached hydrogen (secondary N) is 2. The topological polar surface area (TPSA) is 84.2 Å². The van der Waals surface area contributed by atoms with Gasteiger partial charge in [0.15, 0.2) is 0 Å². The lowest BCUT2D eigenvalue weighted by Crippen LogP contribution is -2.44. The molecule has 0 aliphatic carbocycles. The van der Waals surface area contributed by atoms with Crippen LogP contribution >= 0.6 is 24.8 Å². The second kappa shape index (κ2) is 10.7. The van der Waals surface area contributed by atoms with E-state index >= 15 is 0 Å². The molecule has 0 bridgehead atoms. The van der Waals surface area contributed by atoms with Crippen LogP contribution in [0.4, 0.5) is 5.82 Å². The number of pyridine rings is 1. The second-order valence-corrected chi connectivity index (χ2v) is 7.20. The zero-order chi connectivity index (χ0) is 18.6. The van der Waals surface area contributed by atoms with Gasteiger partial charge in [0.05, 0.1) is 11.3 Å². The van der Waals surface area contributed by atoms with E-state index in [4.69, 9.17) is 4.98 Å². The molecule has 4 rings (SSSR count). The summed E-state index contributed by atoms with van der Waals surface area (Å²) in [5, 5.41) is 27.1. The highest BCUT2D eigenvalue weighted by molar-refractivity contribution is 5.85. The number of hydrogen-bond acceptors (Lipinski definition) is 6. The lowest BCUT2D eigenvalue weighted by Gasteiger charge is -2.31. The molecule has 0 saturated carbocycles. The van der Waals surface area contributed by atoms with Crippen LogP contribution in [-0.2, 0) is 0 Å². The number of rotatable bonds is 3. The molecule has 2 saturated heterocycles. The van der Waals surface area contributed by atoms with Gasteiger partial charge < -0.3 is 20.6 Å². The summed E-state index contributed by atoms with van der Waals surface area (Å²) >= 11 is 0. The number of nitrogens with zero attached hydrogens (tertiary/aromatic N) is 3. The van der Waals surface area contributed by atoms with E-state index in [0.29, 0.717) is 17.0 Å². The lowest BCUT2D eigenvalue weighted by atomic mass is 9.87. The van der Waals surface area contributed by atoms with Gasteiger partial charge in [0.2, 0.25) is 0 Å². The van der Waals surface area contributed by atoms with E-state index in [0.717, 1.165) is 69.2 Å². The van der Waals surface area contributed by atoms with Crippen LogP contribution in [0.1, 0.15) is 29.9 Å². The van der Waals surface area contributed by atoms with Crippen LogP contribution in [0.5, 0.6) is 5.75 Å². The number of phenols is 1. The number of piperidine rings is 1. The van der Waals surface area contributed by atoms with Crippen molar-refractivity contribution >= 4 is 30.6 Å². The number of halogens is 2. The molecule has 2 aromatic rings. The number of benzene rings is 1. The first-order chi connectivity index (χ1) is 13.3.